The summed E-state index contributed by atoms with van der Waals surface area (Å²) in [6, 6.07) is 3.24. The Bertz CT molecular complexity index is 617. The van der Waals surface area contributed by atoms with Crippen molar-refractivity contribution in [1.29, 1.82) is 0 Å². The van der Waals surface area contributed by atoms with E-state index >= 15 is 0 Å². The zero-order chi connectivity index (χ0) is 13.9. The summed E-state index contributed by atoms with van der Waals surface area (Å²) < 4.78 is 4.71. The molecular weight excluding hydrogens is 260 g/mol. The fourth-order valence-corrected chi connectivity index (χ4v) is 2.73. The molecular formula is C13H16N4O3. The molecule has 0 N–H and O–H groups in total. The number of nitro benzene ring substituents is 1. The average Bonchev–Trinajstić information content (AvgIpc) is 2.86. The molecule has 0 bridgehead atoms. The Balaban J connectivity index is 2.00. The predicted octanol–water partition coefficient (Wildman–Crippen LogP) is 2.90. The minimum absolute atomic E-state index is 0.0583. The van der Waals surface area contributed by atoms with E-state index in [1.165, 1.54) is 25.3 Å². The third-order valence-electron chi connectivity index (χ3n) is 3.77. The van der Waals surface area contributed by atoms with Crippen LogP contribution in [0.2, 0.25) is 0 Å². The van der Waals surface area contributed by atoms with Gasteiger partial charge in [-0.2, -0.15) is 0 Å². The van der Waals surface area contributed by atoms with Crippen molar-refractivity contribution in [2.24, 2.45) is 0 Å². The van der Waals surface area contributed by atoms with Crippen LogP contribution in [0.3, 0.4) is 0 Å². The van der Waals surface area contributed by atoms with Gasteiger partial charge in [0.2, 0.25) is 5.52 Å². The van der Waals surface area contributed by atoms with Crippen molar-refractivity contribution in [3.63, 3.8) is 0 Å². The Morgan fingerprint density at radius 1 is 1.05 bits per heavy atom. The molecule has 1 aliphatic rings. The molecule has 2 heterocycles. The normalized spacial score (nSPS) is 16.9. The van der Waals surface area contributed by atoms with Gasteiger partial charge in [0, 0.05) is 19.2 Å². The zero-order valence-corrected chi connectivity index (χ0v) is 11.1. The van der Waals surface area contributed by atoms with Crippen LogP contribution >= 0.6 is 0 Å². The van der Waals surface area contributed by atoms with Gasteiger partial charge in [0.05, 0.1) is 10.6 Å². The molecule has 7 heteroatoms. The highest BCUT2D eigenvalue weighted by molar-refractivity contribution is 5.93. The van der Waals surface area contributed by atoms with Crippen LogP contribution < -0.4 is 4.90 Å². The fourth-order valence-electron chi connectivity index (χ4n) is 2.73. The Morgan fingerprint density at radius 2 is 1.70 bits per heavy atom. The molecule has 0 atom stereocenters. The van der Waals surface area contributed by atoms with Crippen LogP contribution in [0.4, 0.5) is 11.4 Å². The third kappa shape index (κ3) is 2.31. The lowest BCUT2D eigenvalue weighted by molar-refractivity contribution is -0.383. The molecule has 1 saturated heterocycles. The van der Waals surface area contributed by atoms with Crippen LogP contribution in [-0.4, -0.2) is 28.3 Å². The quantitative estimate of drug-likeness (QED) is 0.619. The van der Waals surface area contributed by atoms with Crippen molar-refractivity contribution in [3.8, 4) is 0 Å². The molecule has 3 rings (SSSR count). The van der Waals surface area contributed by atoms with Crippen molar-refractivity contribution in [2.75, 3.05) is 18.0 Å². The van der Waals surface area contributed by atoms with Gasteiger partial charge in [0.25, 0.3) is 0 Å². The maximum atomic E-state index is 11.0. The lowest BCUT2D eigenvalue weighted by atomic mass is 10.1. The second-order valence-electron chi connectivity index (χ2n) is 5.08. The minimum atomic E-state index is -0.455. The highest BCUT2D eigenvalue weighted by Crippen LogP contribution is 2.32. The van der Waals surface area contributed by atoms with Crippen LogP contribution in [-0.2, 0) is 0 Å². The molecule has 0 unspecified atom stereocenters. The molecule has 0 radical (unpaired) electrons. The van der Waals surface area contributed by atoms with E-state index < -0.39 is 4.92 Å². The number of nitro groups is 1. The zero-order valence-electron chi connectivity index (χ0n) is 11.1. The van der Waals surface area contributed by atoms with E-state index in [0.717, 1.165) is 31.6 Å². The molecule has 1 aliphatic heterocycles. The fraction of sp³-hybridized carbons (Fsp3) is 0.538. The molecule has 1 aromatic heterocycles. The van der Waals surface area contributed by atoms with Gasteiger partial charge in [0.15, 0.2) is 5.52 Å². The van der Waals surface area contributed by atoms with Gasteiger partial charge < -0.3 is 4.90 Å². The number of anilines is 1. The molecule has 106 valence electrons. The standard InChI is InChI=1S/C13H16N4O3/c18-17(19)11-7-6-10(12-13(11)15-20-14-12)16-8-4-2-1-3-5-9-16/h6-7H,1-5,8-9H2. The van der Waals surface area contributed by atoms with Crippen molar-refractivity contribution >= 4 is 22.4 Å². The summed E-state index contributed by atoms with van der Waals surface area (Å²) in [6.07, 6.45) is 6.00. The van der Waals surface area contributed by atoms with Gasteiger partial charge in [-0.1, -0.05) is 19.3 Å². The molecule has 2 aromatic rings. The molecule has 0 aliphatic carbocycles. The van der Waals surface area contributed by atoms with E-state index in [-0.39, 0.29) is 11.2 Å². The van der Waals surface area contributed by atoms with Gasteiger partial charge in [-0.3, -0.25) is 10.1 Å². The smallest absolute Gasteiger partial charge is 0.300 e. The summed E-state index contributed by atoms with van der Waals surface area (Å²) in [6.45, 7) is 1.89. The number of benzene rings is 1. The van der Waals surface area contributed by atoms with Crippen molar-refractivity contribution in [1.82, 2.24) is 10.3 Å². The Kier molecular flexibility index (Phi) is 3.49. The molecule has 0 spiro atoms. The van der Waals surface area contributed by atoms with Gasteiger partial charge >= 0.3 is 5.69 Å². The van der Waals surface area contributed by atoms with Crippen molar-refractivity contribution < 1.29 is 9.55 Å². The first-order chi connectivity index (χ1) is 9.77. The van der Waals surface area contributed by atoms with Crippen molar-refractivity contribution in [2.45, 2.75) is 32.1 Å². The number of fused-ring (bicyclic) bond motifs is 1. The van der Waals surface area contributed by atoms with Crippen LogP contribution in [0.25, 0.3) is 11.0 Å². The molecule has 1 fully saturated rings. The Morgan fingerprint density at radius 3 is 2.40 bits per heavy atom. The average molecular weight is 276 g/mol. The van der Waals surface area contributed by atoms with E-state index in [1.54, 1.807) is 6.07 Å². The maximum absolute atomic E-state index is 11.0. The SMILES string of the molecule is O=[N+]([O-])c1ccc(N2CCCCCCC2)c2nonc12. The largest absolute Gasteiger partial charge is 0.370 e. The van der Waals surface area contributed by atoms with Crippen LogP contribution in [0, 0.1) is 10.1 Å². The summed E-state index contributed by atoms with van der Waals surface area (Å²) in [7, 11) is 0. The summed E-state index contributed by atoms with van der Waals surface area (Å²) in [5.41, 5.74) is 1.54. The summed E-state index contributed by atoms with van der Waals surface area (Å²) >= 11 is 0. The van der Waals surface area contributed by atoms with Gasteiger partial charge in [-0.15, -0.1) is 0 Å². The topological polar surface area (TPSA) is 85.3 Å². The lowest BCUT2D eigenvalue weighted by Gasteiger charge is -2.26. The molecule has 0 amide bonds. The minimum Gasteiger partial charge on any atom is -0.370 e. The highest BCUT2D eigenvalue weighted by Gasteiger charge is 2.22. The van der Waals surface area contributed by atoms with E-state index in [9.17, 15) is 10.1 Å². The van der Waals surface area contributed by atoms with E-state index in [4.69, 9.17) is 4.63 Å². The lowest BCUT2D eigenvalue weighted by Crippen LogP contribution is -2.27. The number of non-ortho nitro benzene ring substituents is 1. The van der Waals surface area contributed by atoms with Crippen LogP contribution in [0.15, 0.2) is 16.8 Å². The highest BCUT2D eigenvalue weighted by atomic mass is 16.6. The molecule has 20 heavy (non-hydrogen) atoms. The Hall–Kier alpha value is -2.18. The van der Waals surface area contributed by atoms with Crippen molar-refractivity contribution in [3.05, 3.63) is 22.2 Å². The van der Waals surface area contributed by atoms with Crippen LogP contribution in [0.1, 0.15) is 32.1 Å². The molecule has 7 nitrogen and oxygen atoms in total. The van der Waals surface area contributed by atoms with Gasteiger partial charge in [0.1, 0.15) is 0 Å². The van der Waals surface area contributed by atoms with E-state index in [2.05, 4.69) is 15.2 Å². The van der Waals surface area contributed by atoms with Gasteiger partial charge in [-0.05, 0) is 29.2 Å². The summed E-state index contributed by atoms with van der Waals surface area (Å²) in [5.74, 6) is 0. The second kappa shape index (κ2) is 5.44. The predicted molar refractivity (Wildman–Crippen MR) is 73.8 cm³/mol. The first-order valence-electron chi connectivity index (χ1n) is 6.92. The number of hydrogen-bond donors (Lipinski definition) is 0. The third-order valence-corrected chi connectivity index (χ3v) is 3.77. The second-order valence-corrected chi connectivity index (χ2v) is 5.08. The summed E-state index contributed by atoms with van der Waals surface area (Å²) in [4.78, 5) is 12.8. The Labute approximate surface area is 115 Å². The van der Waals surface area contributed by atoms with E-state index in [0.29, 0.717) is 5.52 Å². The first-order valence-corrected chi connectivity index (χ1v) is 6.92. The van der Waals surface area contributed by atoms with E-state index in [1.807, 2.05) is 0 Å². The summed E-state index contributed by atoms with van der Waals surface area (Å²) in [5, 5.41) is 18.5. The maximum Gasteiger partial charge on any atom is 0.300 e. The van der Waals surface area contributed by atoms with Crippen LogP contribution in [0.5, 0.6) is 0 Å². The number of aromatic nitrogens is 2. The van der Waals surface area contributed by atoms with Gasteiger partial charge in [-0.25, -0.2) is 4.63 Å². The monoisotopic (exact) mass is 276 g/mol. The first kappa shape index (κ1) is 12.8. The number of hydrogen-bond acceptors (Lipinski definition) is 6. The molecule has 0 saturated carbocycles. The number of rotatable bonds is 2. The molecule has 1 aromatic carbocycles. The number of nitrogens with zero attached hydrogens (tertiary/aromatic N) is 4.